The summed E-state index contributed by atoms with van der Waals surface area (Å²) in [5.41, 5.74) is 0. The third-order valence-electron chi connectivity index (χ3n) is 3.92. The molecule has 6 nitrogen and oxygen atoms in total. The summed E-state index contributed by atoms with van der Waals surface area (Å²) in [6, 6.07) is 6.76. The van der Waals surface area contributed by atoms with Gasteiger partial charge in [0.1, 0.15) is 0 Å². The fourth-order valence-electron chi connectivity index (χ4n) is 2.64. The molecule has 2 rings (SSSR count). The number of hydrogen-bond donors (Lipinski definition) is 2. The second-order valence-corrected chi connectivity index (χ2v) is 5.71. The molecule has 1 atom stereocenters. The summed E-state index contributed by atoms with van der Waals surface area (Å²) in [4.78, 5) is 23.9. The van der Waals surface area contributed by atoms with Crippen molar-refractivity contribution in [3.05, 3.63) is 24.3 Å². The number of methoxy groups -OCH3 is 1. The van der Waals surface area contributed by atoms with Gasteiger partial charge in [0.25, 0.3) is 5.91 Å². The van der Waals surface area contributed by atoms with Crippen LogP contribution in [0.3, 0.4) is 0 Å². The normalized spacial score (nSPS) is 16.3. The average Bonchev–Trinajstić information content (AvgIpc) is 2.56. The number of urea groups is 1. The summed E-state index contributed by atoms with van der Waals surface area (Å²) < 4.78 is 10.7. The van der Waals surface area contributed by atoms with Crippen molar-refractivity contribution < 1.29 is 19.1 Å². The molecule has 1 aromatic carbocycles. The Kier molecular flexibility index (Phi) is 6.26. The van der Waals surface area contributed by atoms with E-state index >= 15 is 0 Å². The predicted molar refractivity (Wildman–Crippen MR) is 86.6 cm³/mol. The van der Waals surface area contributed by atoms with Crippen LogP contribution in [0.2, 0.25) is 0 Å². The molecule has 0 bridgehead atoms. The number of amides is 3. The van der Waals surface area contributed by atoms with Gasteiger partial charge in [-0.2, -0.15) is 0 Å². The second kappa shape index (κ2) is 8.41. The molecular weight excluding hydrogens is 296 g/mol. The van der Waals surface area contributed by atoms with Gasteiger partial charge in [-0.1, -0.05) is 31.4 Å². The van der Waals surface area contributed by atoms with E-state index < -0.39 is 18.0 Å². The van der Waals surface area contributed by atoms with Crippen molar-refractivity contribution in [2.45, 2.75) is 51.2 Å². The fourth-order valence-corrected chi connectivity index (χ4v) is 2.64. The van der Waals surface area contributed by atoms with E-state index in [4.69, 9.17) is 9.47 Å². The predicted octanol–water partition coefficient (Wildman–Crippen LogP) is 2.62. The molecule has 0 heterocycles. The molecule has 126 valence electrons. The van der Waals surface area contributed by atoms with Crippen LogP contribution in [-0.4, -0.2) is 31.2 Å². The van der Waals surface area contributed by atoms with Crippen LogP contribution < -0.4 is 20.1 Å². The number of carbonyl (C=O) groups excluding carboxylic acids is 2. The lowest BCUT2D eigenvalue weighted by Crippen LogP contribution is -2.48. The maximum Gasteiger partial charge on any atom is 0.321 e. The van der Waals surface area contributed by atoms with E-state index in [9.17, 15) is 9.59 Å². The zero-order valence-electron chi connectivity index (χ0n) is 13.6. The Morgan fingerprint density at radius 3 is 2.43 bits per heavy atom. The van der Waals surface area contributed by atoms with Crippen LogP contribution in [0.4, 0.5) is 4.79 Å². The number of imide groups is 1. The smallest absolute Gasteiger partial charge is 0.321 e. The van der Waals surface area contributed by atoms with E-state index in [1.54, 1.807) is 25.1 Å². The molecule has 1 aliphatic carbocycles. The first-order valence-corrected chi connectivity index (χ1v) is 8.01. The minimum absolute atomic E-state index is 0.155. The van der Waals surface area contributed by atoms with E-state index in [0.717, 1.165) is 25.7 Å². The van der Waals surface area contributed by atoms with Crippen LogP contribution in [0, 0.1) is 0 Å². The second-order valence-electron chi connectivity index (χ2n) is 5.71. The fraction of sp³-hybridized carbons (Fsp3) is 0.529. The Balaban J connectivity index is 1.83. The number of carbonyl (C=O) groups is 2. The molecule has 1 saturated carbocycles. The molecule has 6 heteroatoms. The number of nitrogens with one attached hydrogen (secondary N) is 2. The van der Waals surface area contributed by atoms with Crippen molar-refractivity contribution in [1.29, 1.82) is 0 Å². The summed E-state index contributed by atoms with van der Waals surface area (Å²) in [6.45, 7) is 1.59. The van der Waals surface area contributed by atoms with E-state index in [0.29, 0.717) is 11.5 Å². The van der Waals surface area contributed by atoms with Crippen molar-refractivity contribution in [3.8, 4) is 11.5 Å². The minimum atomic E-state index is -0.802. The quantitative estimate of drug-likeness (QED) is 0.874. The van der Waals surface area contributed by atoms with E-state index in [1.807, 2.05) is 6.07 Å². The highest BCUT2D eigenvalue weighted by Crippen LogP contribution is 2.26. The Labute approximate surface area is 136 Å². The Bertz CT molecular complexity index is 541. The maximum absolute atomic E-state index is 12.1. The molecule has 0 aliphatic heterocycles. The van der Waals surface area contributed by atoms with Gasteiger partial charge < -0.3 is 14.8 Å². The Hall–Kier alpha value is -2.24. The van der Waals surface area contributed by atoms with Crippen molar-refractivity contribution >= 4 is 11.9 Å². The van der Waals surface area contributed by atoms with Gasteiger partial charge in [-0.3, -0.25) is 10.1 Å². The zero-order chi connectivity index (χ0) is 16.7. The molecular formula is C17H24N2O4. The number of benzene rings is 1. The highest BCUT2D eigenvalue weighted by atomic mass is 16.5. The molecule has 1 aromatic rings. The van der Waals surface area contributed by atoms with Gasteiger partial charge in [0.05, 0.1) is 7.11 Å². The molecule has 1 aliphatic rings. The molecule has 0 radical (unpaired) electrons. The largest absolute Gasteiger partial charge is 0.493 e. The lowest BCUT2D eigenvalue weighted by atomic mass is 9.96. The van der Waals surface area contributed by atoms with Crippen LogP contribution >= 0.6 is 0 Å². The number of rotatable bonds is 5. The number of para-hydroxylation sites is 2. The molecule has 0 aromatic heterocycles. The summed E-state index contributed by atoms with van der Waals surface area (Å²) in [5, 5.41) is 5.17. The highest BCUT2D eigenvalue weighted by molar-refractivity contribution is 5.96. The van der Waals surface area contributed by atoms with Crippen molar-refractivity contribution in [3.63, 3.8) is 0 Å². The monoisotopic (exact) mass is 320 g/mol. The van der Waals surface area contributed by atoms with Crippen molar-refractivity contribution in [1.82, 2.24) is 10.6 Å². The summed E-state index contributed by atoms with van der Waals surface area (Å²) in [5.74, 6) is 0.522. The van der Waals surface area contributed by atoms with Crippen LogP contribution in [0.1, 0.15) is 39.0 Å². The maximum atomic E-state index is 12.1. The number of ether oxygens (including phenoxy) is 2. The topological polar surface area (TPSA) is 76.7 Å². The summed E-state index contributed by atoms with van der Waals surface area (Å²) in [7, 11) is 1.53. The third-order valence-corrected chi connectivity index (χ3v) is 3.92. The van der Waals surface area contributed by atoms with E-state index in [1.165, 1.54) is 13.5 Å². The Morgan fingerprint density at radius 2 is 1.78 bits per heavy atom. The third kappa shape index (κ3) is 5.16. The van der Waals surface area contributed by atoms with Crippen molar-refractivity contribution in [2.24, 2.45) is 0 Å². The van der Waals surface area contributed by atoms with Crippen LogP contribution in [0.15, 0.2) is 24.3 Å². The molecule has 23 heavy (non-hydrogen) atoms. The van der Waals surface area contributed by atoms with Crippen LogP contribution in [-0.2, 0) is 4.79 Å². The molecule has 0 spiro atoms. The summed E-state index contributed by atoms with van der Waals surface area (Å²) in [6.07, 6.45) is 4.58. The highest BCUT2D eigenvalue weighted by Gasteiger charge is 2.21. The van der Waals surface area contributed by atoms with Gasteiger partial charge in [-0.05, 0) is 31.9 Å². The van der Waals surface area contributed by atoms with Crippen molar-refractivity contribution in [2.75, 3.05) is 7.11 Å². The lowest BCUT2D eigenvalue weighted by molar-refractivity contribution is -0.126. The first kappa shape index (κ1) is 17.1. The molecule has 0 unspecified atom stereocenters. The van der Waals surface area contributed by atoms with Gasteiger partial charge in [0.2, 0.25) is 0 Å². The Morgan fingerprint density at radius 1 is 1.13 bits per heavy atom. The van der Waals surface area contributed by atoms with Gasteiger partial charge in [-0.15, -0.1) is 0 Å². The van der Waals surface area contributed by atoms with E-state index in [-0.39, 0.29) is 6.04 Å². The molecule has 1 fully saturated rings. The van der Waals surface area contributed by atoms with Gasteiger partial charge in [0, 0.05) is 6.04 Å². The van der Waals surface area contributed by atoms with Crippen LogP contribution in [0.5, 0.6) is 11.5 Å². The first-order valence-electron chi connectivity index (χ1n) is 8.01. The van der Waals surface area contributed by atoms with Crippen LogP contribution in [0.25, 0.3) is 0 Å². The zero-order valence-corrected chi connectivity index (χ0v) is 13.6. The average molecular weight is 320 g/mol. The standard InChI is InChI=1S/C17H24N2O4/c1-12(23-15-11-7-6-10-14(15)22-2)16(20)19-17(21)18-13-8-4-3-5-9-13/h6-7,10-13H,3-5,8-9H2,1-2H3,(H2,18,19,20,21)/t12-/m0/s1. The van der Waals surface area contributed by atoms with Gasteiger partial charge in [0.15, 0.2) is 17.6 Å². The molecule has 2 N–H and O–H groups in total. The van der Waals surface area contributed by atoms with Gasteiger partial charge in [-0.25, -0.2) is 4.79 Å². The molecule has 3 amide bonds. The lowest BCUT2D eigenvalue weighted by Gasteiger charge is -2.23. The van der Waals surface area contributed by atoms with E-state index in [2.05, 4.69) is 10.6 Å². The minimum Gasteiger partial charge on any atom is -0.493 e. The first-order chi connectivity index (χ1) is 11.1. The summed E-state index contributed by atoms with van der Waals surface area (Å²) >= 11 is 0. The molecule has 0 saturated heterocycles. The SMILES string of the molecule is COc1ccccc1O[C@@H](C)C(=O)NC(=O)NC1CCCCC1. The number of hydrogen-bond acceptors (Lipinski definition) is 4. The van der Waals surface area contributed by atoms with Gasteiger partial charge >= 0.3 is 6.03 Å².